The van der Waals surface area contributed by atoms with Crippen molar-refractivity contribution in [2.24, 2.45) is 0 Å². The molecular weight excluding hydrogens is 293 g/mol. The zero-order valence-electron chi connectivity index (χ0n) is 12.0. The summed E-state index contributed by atoms with van der Waals surface area (Å²) in [5.41, 5.74) is 2.69. The molecule has 2 aromatic rings. The van der Waals surface area contributed by atoms with Gasteiger partial charge in [0.15, 0.2) is 0 Å². The molecule has 0 aliphatic heterocycles. The number of benzene rings is 1. The molecule has 0 aliphatic rings. The second-order valence-electron chi connectivity index (χ2n) is 5.00. The zero-order chi connectivity index (χ0) is 14.7. The maximum absolute atomic E-state index is 13.8. The summed E-state index contributed by atoms with van der Waals surface area (Å²) in [5, 5.41) is 3.47. The van der Waals surface area contributed by atoms with Crippen LogP contribution < -0.4 is 5.32 Å². The van der Waals surface area contributed by atoms with E-state index in [1.807, 2.05) is 19.1 Å². The standard InChI is InChI=1S/C16H19ClFNS/c1-4-7-19-15(14-8-11(3)16(17)20-14)12-6-5-10(2)13(18)9-12/h5-6,8-9,15,19H,4,7H2,1-3H3. The van der Waals surface area contributed by atoms with Crippen LogP contribution in [-0.4, -0.2) is 6.54 Å². The van der Waals surface area contributed by atoms with E-state index >= 15 is 0 Å². The second-order valence-corrected chi connectivity index (χ2v) is 6.69. The van der Waals surface area contributed by atoms with E-state index in [4.69, 9.17) is 11.6 Å². The molecule has 0 fully saturated rings. The fraction of sp³-hybridized carbons (Fsp3) is 0.375. The predicted octanol–water partition coefficient (Wildman–Crippen LogP) is 5.25. The molecule has 0 amide bonds. The molecule has 1 unspecified atom stereocenters. The highest BCUT2D eigenvalue weighted by molar-refractivity contribution is 7.16. The molecule has 1 heterocycles. The van der Waals surface area contributed by atoms with Crippen LogP contribution >= 0.6 is 22.9 Å². The third-order valence-corrected chi connectivity index (χ3v) is 4.91. The van der Waals surface area contributed by atoms with E-state index in [-0.39, 0.29) is 11.9 Å². The molecule has 0 saturated carbocycles. The summed E-state index contributed by atoms with van der Waals surface area (Å²) in [5.74, 6) is -0.162. The minimum absolute atomic E-state index is 0.00116. The highest BCUT2D eigenvalue weighted by Crippen LogP contribution is 2.34. The van der Waals surface area contributed by atoms with Gasteiger partial charge in [-0.2, -0.15) is 0 Å². The van der Waals surface area contributed by atoms with Crippen LogP contribution in [0, 0.1) is 19.7 Å². The Kier molecular flexibility index (Phi) is 5.19. The fourth-order valence-corrected chi connectivity index (χ4v) is 3.41. The van der Waals surface area contributed by atoms with E-state index in [2.05, 4.69) is 18.3 Å². The van der Waals surface area contributed by atoms with Crippen LogP contribution in [0.4, 0.5) is 4.39 Å². The number of halogens is 2. The van der Waals surface area contributed by atoms with Gasteiger partial charge in [0.2, 0.25) is 0 Å². The van der Waals surface area contributed by atoms with Crippen molar-refractivity contribution in [3.63, 3.8) is 0 Å². The van der Waals surface area contributed by atoms with Crippen molar-refractivity contribution in [2.45, 2.75) is 33.2 Å². The van der Waals surface area contributed by atoms with Crippen molar-refractivity contribution < 1.29 is 4.39 Å². The summed E-state index contributed by atoms with van der Waals surface area (Å²) >= 11 is 7.73. The van der Waals surface area contributed by atoms with Crippen LogP contribution in [0.15, 0.2) is 24.3 Å². The molecule has 2 rings (SSSR count). The van der Waals surface area contributed by atoms with Crippen LogP contribution in [0.1, 0.15) is 41.0 Å². The lowest BCUT2D eigenvalue weighted by Crippen LogP contribution is -2.22. The Bertz CT molecular complexity index is 575. The average molecular weight is 312 g/mol. The van der Waals surface area contributed by atoms with Crippen molar-refractivity contribution in [3.05, 3.63) is 56.0 Å². The minimum Gasteiger partial charge on any atom is -0.306 e. The Morgan fingerprint density at radius 2 is 2.00 bits per heavy atom. The molecule has 1 aromatic heterocycles. The monoisotopic (exact) mass is 311 g/mol. The maximum atomic E-state index is 13.8. The summed E-state index contributed by atoms with van der Waals surface area (Å²) in [6.07, 6.45) is 1.03. The van der Waals surface area contributed by atoms with E-state index in [0.717, 1.165) is 33.3 Å². The topological polar surface area (TPSA) is 12.0 Å². The molecule has 108 valence electrons. The lowest BCUT2D eigenvalue weighted by Gasteiger charge is -2.18. The first-order valence-corrected chi connectivity index (χ1v) is 7.97. The van der Waals surface area contributed by atoms with Crippen molar-refractivity contribution in [1.29, 1.82) is 0 Å². The van der Waals surface area contributed by atoms with Gasteiger partial charge in [0.1, 0.15) is 5.82 Å². The third kappa shape index (κ3) is 3.40. The lowest BCUT2D eigenvalue weighted by molar-refractivity contribution is 0.587. The average Bonchev–Trinajstić information content (AvgIpc) is 2.74. The van der Waals surface area contributed by atoms with E-state index < -0.39 is 0 Å². The van der Waals surface area contributed by atoms with Gasteiger partial charge in [0.25, 0.3) is 0 Å². The number of rotatable bonds is 5. The van der Waals surface area contributed by atoms with Gasteiger partial charge in [0.05, 0.1) is 10.4 Å². The zero-order valence-corrected chi connectivity index (χ0v) is 13.5. The summed E-state index contributed by atoms with van der Waals surface area (Å²) in [7, 11) is 0. The molecule has 1 aromatic carbocycles. The fourth-order valence-electron chi connectivity index (χ4n) is 2.09. The van der Waals surface area contributed by atoms with Gasteiger partial charge in [-0.3, -0.25) is 0 Å². The Balaban J connectivity index is 2.38. The molecule has 4 heteroatoms. The summed E-state index contributed by atoms with van der Waals surface area (Å²) < 4.78 is 14.6. The molecule has 20 heavy (non-hydrogen) atoms. The molecule has 0 saturated heterocycles. The van der Waals surface area contributed by atoms with E-state index in [1.165, 1.54) is 0 Å². The van der Waals surface area contributed by atoms with Gasteiger partial charge >= 0.3 is 0 Å². The smallest absolute Gasteiger partial charge is 0.126 e. The molecule has 0 aliphatic carbocycles. The van der Waals surface area contributed by atoms with Crippen LogP contribution in [0.2, 0.25) is 4.34 Å². The molecule has 1 atom stereocenters. The SMILES string of the molecule is CCCNC(c1ccc(C)c(F)c1)c1cc(C)c(Cl)s1. The quantitative estimate of drug-likeness (QED) is 0.795. The number of hydrogen-bond donors (Lipinski definition) is 1. The first-order chi connectivity index (χ1) is 9.52. The van der Waals surface area contributed by atoms with E-state index in [1.54, 1.807) is 24.3 Å². The number of aryl methyl sites for hydroxylation is 2. The molecule has 0 bridgehead atoms. The molecule has 1 N–H and O–H groups in total. The largest absolute Gasteiger partial charge is 0.306 e. The normalized spacial score (nSPS) is 12.7. The summed E-state index contributed by atoms with van der Waals surface area (Å²) in [4.78, 5) is 1.13. The van der Waals surface area contributed by atoms with Gasteiger partial charge in [0, 0.05) is 4.88 Å². The molecule has 0 spiro atoms. The third-order valence-electron chi connectivity index (χ3n) is 3.29. The molecular formula is C16H19ClFNS. The number of hydrogen-bond acceptors (Lipinski definition) is 2. The Morgan fingerprint density at radius 3 is 2.55 bits per heavy atom. The molecule has 0 radical (unpaired) electrons. The predicted molar refractivity (Wildman–Crippen MR) is 85.3 cm³/mol. The Morgan fingerprint density at radius 1 is 1.25 bits per heavy atom. The second kappa shape index (κ2) is 6.70. The van der Waals surface area contributed by atoms with Gasteiger partial charge in [-0.1, -0.05) is 30.7 Å². The first kappa shape index (κ1) is 15.5. The summed E-state index contributed by atoms with van der Waals surface area (Å²) in [6, 6.07) is 7.51. The van der Waals surface area contributed by atoms with Crippen molar-refractivity contribution in [1.82, 2.24) is 5.32 Å². The van der Waals surface area contributed by atoms with E-state index in [9.17, 15) is 4.39 Å². The highest BCUT2D eigenvalue weighted by atomic mass is 35.5. The Hall–Kier alpha value is -0.900. The van der Waals surface area contributed by atoms with Crippen LogP contribution in [-0.2, 0) is 0 Å². The molecule has 1 nitrogen and oxygen atoms in total. The number of thiophene rings is 1. The van der Waals surface area contributed by atoms with Crippen molar-refractivity contribution >= 4 is 22.9 Å². The van der Waals surface area contributed by atoms with Gasteiger partial charge in [-0.15, -0.1) is 11.3 Å². The van der Waals surface area contributed by atoms with Gasteiger partial charge in [-0.05, 0) is 55.6 Å². The van der Waals surface area contributed by atoms with Gasteiger partial charge in [-0.25, -0.2) is 4.39 Å². The van der Waals surface area contributed by atoms with Gasteiger partial charge < -0.3 is 5.32 Å². The summed E-state index contributed by atoms with van der Waals surface area (Å²) in [6.45, 7) is 6.77. The van der Waals surface area contributed by atoms with Crippen molar-refractivity contribution in [2.75, 3.05) is 6.54 Å². The van der Waals surface area contributed by atoms with Crippen LogP contribution in [0.5, 0.6) is 0 Å². The number of nitrogens with one attached hydrogen (secondary N) is 1. The first-order valence-electron chi connectivity index (χ1n) is 6.78. The Labute approximate surface area is 128 Å². The highest BCUT2D eigenvalue weighted by Gasteiger charge is 2.18. The van der Waals surface area contributed by atoms with Crippen LogP contribution in [0.25, 0.3) is 0 Å². The lowest BCUT2D eigenvalue weighted by atomic mass is 10.0. The van der Waals surface area contributed by atoms with Crippen molar-refractivity contribution in [3.8, 4) is 0 Å². The maximum Gasteiger partial charge on any atom is 0.126 e. The minimum atomic E-state index is -0.162. The van der Waals surface area contributed by atoms with E-state index in [0.29, 0.717) is 5.56 Å². The van der Waals surface area contributed by atoms with Crippen LogP contribution in [0.3, 0.4) is 0 Å².